The number of carbonyl (C=O) groups excluding carboxylic acids is 3. The van der Waals surface area contributed by atoms with Crippen LogP contribution in [-0.2, 0) is 14.3 Å². The van der Waals surface area contributed by atoms with Crippen LogP contribution < -0.4 is 55.3 Å². The lowest BCUT2D eigenvalue weighted by Gasteiger charge is -2.11. The molecular formula is C64H58Cl8N18O10S4. The second-order valence-electron chi connectivity index (χ2n) is 22.3. The molecule has 10 N–H and O–H groups in total. The number of H-pyrrole nitrogens is 5. The number of hydrogen-bond donors (Lipinski definition) is 9. The van der Waals surface area contributed by atoms with Crippen LogP contribution in [0.25, 0.3) is 5.69 Å². The Bertz CT molecular complexity index is 5160. The summed E-state index contributed by atoms with van der Waals surface area (Å²) < 4.78 is 5.39. The fourth-order valence-electron chi connectivity index (χ4n) is 8.26. The summed E-state index contributed by atoms with van der Waals surface area (Å²) in [5.74, 6) is -1.05. The summed E-state index contributed by atoms with van der Waals surface area (Å²) in [6.07, 6.45) is -0.996. The highest BCUT2D eigenvalue weighted by atomic mass is 35.5. The number of carbonyl (C=O) groups is 3. The molecular weight excluding hydrogens is 1590 g/mol. The van der Waals surface area contributed by atoms with Crippen LogP contribution in [0.2, 0.25) is 40.2 Å². The van der Waals surface area contributed by atoms with E-state index < -0.39 is 34.7 Å². The SMILES string of the molecule is CC(=O)Nc1cc(Cl)c(Sc2cc(C(C)C)c(=O)[nH]n2)c(Cl)c1.CC(C)c1cc(Sc2c(Cl)cc(-n3nc(C#N)c(=O)[nH]c3=O)cc2Cl)n[nH]c1=O.CC(C)c1cc(Sc2c(Cl)cc(N)cc2Cl)n[nH]c1=O.CCOC(=O)NC(=O)/C(C#N)=N\Nc1cc(Cl)c(Sc2cc(C(C)C)c(=O)[nH]n2)c(Cl)c1. The summed E-state index contributed by atoms with van der Waals surface area (Å²) in [6, 6.07) is 22.2. The van der Waals surface area contributed by atoms with Gasteiger partial charge in [-0.15, -0.1) is 5.10 Å². The lowest BCUT2D eigenvalue weighted by atomic mass is 10.1. The number of ether oxygens (including phenoxy) is 1. The number of hydrogen-bond acceptors (Lipinski definition) is 24. The second-order valence-corrected chi connectivity index (χ2v) is 29.6. The van der Waals surface area contributed by atoms with Crippen molar-refractivity contribution < 1.29 is 19.1 Å². The van der Waals surface area contributed by atoms with Crippen molar-refractivity contribution in [1.82, 2.24) is 60.9 Å². The first-order valence-corrected chi connectivity index (χ1v) is 36.3. The molecule has 5 heterocycles. The number of rotatable bonds is 18. The van der Waals surface area contributed by atoms with Gasteiger partial charge in [-0.05, 0) is 103 Å². The number of amides is 3. The summed E-state index contributed by atoms with van der Waals surface area (Å²) in [5, 5.41) is 60.5. The lowest BCUT2D eigenvalue weighted by molar-refractivity contribution is -0.115. The van der Waals surface area contributed by atoms with E-state index >= 15 is 0 Å². The third-order valence-electron chi connectivity index (χ3n) is 13.2. The van der Waals surface area contributed by atoms with Crippen LogP contribution in [0, 0.1) is 22.7 Å². The molecule has 0 saturated heterocycles. The van der Waals surface area contributed by atoms with Crippen molar-refractivity contribution in [3.63, 3.8) is 0 Å². The van der Waals surface area contributed by atoms with Crippen molar-refractivity contribution in [2.45, 2.75) is 133 Å². The van der Waals surface area contributed by atoms with Crippen molar-refractivity contribution in [1.29, 1.82) is 10.5 Å². The maximum atomic E-state index is 12.0. The zero-order chi connectivity index (χ0) is 77.1. The molecule has 9 rings (SSSR count). The minimum absolute atomic E-state index is 0.00179. The first kappa shape index (κ1) is 84.3. The van der Waals surface area contributed by atoms with Gasteiger partial charge in [0.25, 0.3) is 33.7 Å². The van der Waals surface area contributed by atoms with Crippen molar-refractivity contribution in [2.24, 2.45) is 5.10 Å². The number of halogens is 8. The fraction of sp³-hybridized carbons (Fsp3) is 0.234. The van der Waals surface area contributed by atoms with Gasteiger partial charge in [0.2, 0.25) is 17.3 Å². The highest BCUT2D eigenvalue weighted by Gasteiger charge is 2.21. The zero-order valence-electron chi connectivity index (χ0n) is 55.8. The molecule has 0 aliphatic carbocycles. The number of nitrogens with zero attached hydrogens (tertiary/aromatic N) is 9. The summed E-state index contributed by atoms with van der Waals surface area (Å²) >= 11 is 54.9. The third-order valence-corrected chi connectivity index (χ3v) is 20.7. The summed E-state index contributed by atoms with van der Waals surface area (Å²) in [4.78, 5) is 109. The minimum atomic E-state index is -1.03. The van der Waals surface area contributed by atoms with E-state index in [1.807, 2.05) is 65.7 Å². The minimum Gasteiger partial charge on any atom is -0.450 e. The van der Waals surface area contributed by atoms with Crippen molar-refractivity contribution in [3.05, 3.63) is 203 Å². The van der Waals surface area contributed by atoms with Gasteiger partial charge < -0.3 is 15.8 Å². The molecule has 544 valence electrons. The molecule has 0 fully saturated rings. The van der Waals surface area contributed by atoms with Gasteiger partial charge >= 0.3 is 11.8 Å². The number of imide groups is 1. The zero-order valence-corrected chi connectivity index (χ0v) is 65.1. The van der Waals surface area contributed by atoms with Crippen molar-refractivity contribution >= 4 is 181 Å². The van der Waals surface area contributed by atoms with Crippen LogP contribution >= 0.6 is 140 Å². The van der Waals surface area contributed by atoms with E-state index in [0.29, 0.717) is 99.1 Å². The monoisotopic (exact) mass is 1650 g/mol. The maximum Gasteiger partial charge on any atom is 0.414 e. The molecule has 0 aliphatic rings. The fourth-order valence-corrected chi connectivity index (χ4v) is 14.3. The van der Waals surface area contributed by atoms with Crippen LogP contribution in [0.4, 0.5) is 21.9 Å². The van der Waals surface area contributed by atoms with E-state index in [2.05, 4.69) is 66.5 Å². The molecule has 4 aromatic carbocycles. The highest BCUT2D eigenvalue weighted by Crippen LogP contribution is 2.44. The smallest absolute Gasteiger partial charge is 0.414 e. The van der Waals surface area contributed by atoms with Gasteiger partial charge in [-0.3, -0.25) is 49.3 Å². The first-order chi connectivity index (χ1) is 49.0. The number of nitrogens with two attached hydrogens (primary N) is 1. The van der Waals surface area contributed by atoms with Gasteiger partial charge in [0, 0.05) is 40.6 Å². The van der Waals surface area contributed by atoms with Crippen molar-refractivity contribution in [3.8, 4) is 17.8 Å². The molecule has 5 aromatic heterocycles. The number of aromatic amines is 5. The molecule has 28 nitrogen and oxygen atoms in total. The number of nitriles is 2. The normalized spacial score (nSPS) is 11.0. The number of aromatic nitrogens is 11. The average molecular weight is 1650 g/mol. The van der Waals surface area contributed by atoms with E-state index in [1.165, 1.54) is 54.7 Å². The van der Waals surface area contributed by atoms with E-state index in [-0.39, 0.29) is 84.2 Å². The summed E-state index contributed by atoms with van der Waals surface area (Å²) in [7, 11) is 0. The Kier molecular flexibility index (Phi) is 31.6. The molecule has 0 aliphatic heterocycles. The molecule has 0 unspecified atom stereocenters. The predicted molar refractivity (Wildman–Crippen MR) is 407 cm³/mol. The van der Waals surface area contributed by atoms with Crippen molar-refractivity contribution in [2.75, 3.05) is 23.1 Å². The van der Waals surface area contributed by atoms with E-state index in [9.17, 15) is 43.2 Å². The Morgan fingerprint density at radius 3 is 1.19 bits per heavy atom. The number of anilines is 3. The van der Waals surface area contributed by atoms with Crippen LogP contribution in [0.15, 0.2) is 146 Å². The topological polar surface area (TPSA) is 433 Å². The van der Waals surface area contributed by atoms with E-state index in [0.717, 1.165) is 28.2 Å². The molecule has 0 saturated carbocycles. The average Bonchev–Trinajstić information content (AvgIpc) is 0.793. The quantitative estimate of drug-likeness (QED) is 0.0219. The molecule has 104 heavy (non-hydrogen) atoms. The Hall–Kier alpha value is -8.61. The molecule has 0 atom stereocenters. The molecule has 0 spiro atoms. The Balaban J connectivity index is 0.000000221. The summed E-state index contributed by atoms with van der Waals surface area (Å²) in [6.45, 7) is 18.3. The number of nitrogen functional groups attached to an aromatic ring is 1. The number of benzene rings is 4. The highest BCUT2D eigenvalue weighted by molar-refractivity contribution is 8.00. The second kappa shape index (κ2) is 38.9. The van der Waals surface area contributed by atoms with Gasteiger partial charge in [-0.2, -0.15) is 40.7 Å². The number of alkyl carbamates (subject to hydrolysis) is 1. The van der Waals surface area contributed by atoms with Gasteiger partial charge in [0.1, 0.15) is 32.2 Å². The van der Waals surface area contributed by atoms with E-state index in [4.69, 9.17) is 109 Å². The number of nitrogens with one attached hydrogen (secondary N) is 8. The predicted octanol–water partition coefficient (Wildman–Crippen LogP) is 14.6. The van der Waals surface area contributed by atoms with Gasteiger partial charge in [-0.1, -0.05) is 195 Å². The molecule has 3 amide bonds. The molecule has 40 heteroatoms. The lowest BCUT2D eigenvalue weighted by Crippen LogP contribution is -2.36. The van der Waals surface area contributed by atoms with Gasteiger partial charge in [-0.25, -0.2) is 30.0 Å². The Morgan fingerprint density at radius 2 is 0.875 bits per heavy atom. The van der Waals surface area contributed by atoms with Crippen LogP contribution in [0.5, 0.6) is 0 Å². The van der Waals surface area contributed by atoms with E-state index in [1.54, 1.807) is 67.6 Å². The van der Waals surface area contributed by atoms with Crippen LogP contribution in [0.3, 0.4) is 0 Å². The van der Waals surface area contributed by atoms with Crippen LogP contribution in [0.1, 0.15) is 121 Å². The first-order valence-electron chi connectivity index (χ1n) is 30.0. The Labute approximate surface area is 647 Å². The number of hydrazone groups is 1. The van der Waals surface area contributed by atoms with Crippen LogP contribution in [-0.4, -0.2) is 85.8 Å². The molecule has 9 aromatic rings. The summed E-state index contributed by atoms with van der Waals surface area (Å²) in [5.41, 5.74) is 8.36. The van der Waals surface area contributed by atoms with Gasteiger partial charge in [0.15, 0.2) is 0 Å². The van der Waals surface area contributed by atoms with Gasteiger partial charge in [0.05, 0.1) is 77.7 Å². The molecule has 0 radical (unpaired) electrons. The maximum absolute atomic E-state index is 12.0. The molecule has 0 bridgehead atoms. The third kappa shape index (κ3) is 23.7. The largest absolute Gasteiger partial charge is 0.450 e. The Morgan fingerprint density at radius 1 is 0.538 bits per heavy atom. The standard InChI is InChI=1S/C19H18Cl2N6O4S.C17H12Cl2N6O3S.C15H15Cl2N3O2S.C13H13Cl2N3OS/c1-4-31-19(30)23-18(29)14(8-22)25-24-10-5-12(20)16(13(21)6-10)32-15-7-11(9(2)3)17(28)27-26-15;1-7(2)9-5-13(22-23-15(9)26)29-14-10(18)3-8(4-11(14)19)25-17(28)21-16(27)12(6-20)24-25;1-7(2)10-6-13(19-20-15(10)22)23-14-11(16)4-9(5-12(14)17)18-8(3)21;1-6(2)8-5-11(17-18-13(8)19)20-12-9(14)3-7(16)4-10(12)15/h5-7,9,24H,4H2,1-3H3,(H,27,28)(H,23,29,30);3-5,7H,1-2H3,(H,23,26)(H,21,27,28);4-7H,1-3H3,(H,18,21)(H,20,22);3-6H,16H2,1-2H3,(H,18,19)/b25-14-;;;.